The number of para-hydroxylation sites is 2. The second-order valence-corrected chi connectivity index (χ2v) is 5.89. The molecule has 1 atom stereocenters. The molecule has 0 saturated carbocycles. The Labute approximate surface area is 141 Å². The Bertz CT molecular complexity index is 720. The molecular weight excluding hydrogens is 304 g/mol. The number of rotatable bonds is 5. The molecule has 24 heavy (non-hydrogen) atoms. The number of piperidine rings is 1. The van der Waals surface area contributed by atoms with E-state index in [1.165, 1.54) is 6.20 Å². The summed E-state index contributed by atoms with van der Waals surface area (Å²) < 4.78 is 5.47. The molecule has 3 rings (SSSR count). The maximum atomic E-state index is 11.5. The molecular formula is C18H22N4O2. The Hall–Kier alpha value is -2.76. The number of carbonyl (C=O) groups excluding carboxylic acids is 1. The lowest BCUT2D eigenvalue weighted by molar-refractivity contribution is 0.100. The van der Waals surface area contributed by atoms with Crippen molar-refractivity contribution in [2.45, 2.75) is 18.9 Å². The Morgan fingerprint density at radius 3 is 3.00 bits per heavy atom. The van der Waals surface area contributed by atoms with Crippen LogP contribution in [0.25, 0.3) is 0 Å². The second-order valence-electron chi connectivity index (χ2n) is 5.89. The summed E-state index contributed by atoms with van der Waals surface area (Å²) >= 11 is 0. The van der Waals surface area contributed by atoms with Crippen molar-refractivity contribution in [3.63, 3.8) is 0 Å². The molecule has 3 N–H and O–H groups in total. The van der Waals surface area contributed by atoms with Gasteiger partial charge in [0.25, 0.3) is 5.91 Å². The van der Waals surface area contributed by atoms with E-state index in [9.17, 15) is 4.79 Å². The number of primary amides is 1. The number of nitrogens with zero attached hydrogens (tertiary/aromatic N) is 2. The van der Waals surface area contributed by atoms with Crippen LogP contribution in [0.5, 0.6) is 5.75 Å². The molecule has 126 valence electrons. The van der Waals surface area contributed by atoms with Crippen LogP contribution in [-0.4, -0.2) is 37.1 Å². The first-order valence-corrected chi connectivity index (χ1v) is 8.07. The van der Waals surface area contributed by atoms with E-state index in [1.54, 1.807) is 19.4 Å². The van der Waals surface area contributed by atoms with E-state index in [2.05, 4.69) is 21.3 Å². The summed E-state index contributed by atoms with van der Waals surface area (Å²) in [4.78, 5) is 17.8. The van der Waals surface area contributed by atoms with Gasteiger partial charge in [0.1, 0.15) is 5.75 Å². The number of hydrogen-bond donors (Lipinski definition) is 2. The Morgan fingerprint density at radius 2 is 2.21 bits per heavy atom. The van der Waals surface area contributed by atoms with Crippen molar-refractivity contribution < 1.29 is 9.53 Å². The van der Waals surface area contributed by atoms with E-state index in [0.717, 1.165) is 43.1 Å². The number of hydrogen-bond acceptors (Lipinski definition) is 5. The summed E-state index contributed by atoms with van der Waals surface area (Å²) in [5, 5.41) is 3.44. The highest BCUT2D eigenvalue weighted by Crippen LogP contribution is 2.30. The first kappa shape index (κ1) is 16.1. The fourth-order valence-electron chi connectivity index (χ4n) is 3.14. The standard InChI is InChI=1S/C18H22N4O2/c1-24-17-7-3-2-6-16(17)22-10-4-5-13(12-22)21-15-8-9-20-11-14(15)18(19)23/h2-3,6-9,11,13H,4-5,10,12H2,1H3,(H2,19,23)(H,20,21). The van der Waals surface area contributed by atoms with Gasteiger partial charge >= 0.3 is 0 Å². The Balaban J connectivity index is 1.76. The summed E-state index contributed by atoms with van der Waals surface area (Å²) in [7, 11) is 1.69. The molecule has 1 aromatic heterocycles. The fourth-order valence-corrected chi connectivity index (χ4v) is 3.14. The van der Waals surface area contributed by atoms with Crippen LogP contribution >= 0.6 is 0 Å². The van der Waals surface area contributed by atoms with Crippen LogP contribution in [0.4, 0.5) is 11.4 Å². The van der Waals surface area contributed by atoms with Crippen molar-refractivity contribution in [2.24, 2.45) is 5.73 Å². The van der Waals surface area contributed by atoms with E-state index in [1.807, 2.05) is 18.2 Å². The van der Waals surface area contributed by atoms with E-state index in [-0.39, 0.29) is 6.04 Å². The molecule has 1 unspecified atom stereocenters. The zero-order valence-corrected chi connectivity index (χ0v) is 13.7. The van der Waals surface area contributed by atoms with Crippen LogP contribution in [0.1, 0.15) is 23.2 Å². The lowest BCUT2D eigenvalue weighted by Crippen LogP contribution is -2.42. The molecule has 0 spiro atoms. The molecule has 1 saturated heterocycles. The van der Waals surface area contributed by atoms with Crippen molar-refractivity contribution in [3.05, 3.63) is 48.3 Å². The van der Waals surface area contributed by atoms with E-state index < -0.39 is 5.91 Å². The van der Waals surface area contributed by atoms with E-state index in [4.69, 9.17) is 10.5 Å². The molecule has 1 aromatic carbocycles. The van der Waals surface area contributed by atoms with Gasteiger partial charge in [-0.1, -0.05) is 12.1 Å². The number of ether oxygens (including phenoxy) is 1. The molecule has 2 aromatic rings. The van der Waals surface area contributed by atoms with Gasteiger partial charge in [-0.25, -0.2) is 0 Å². The van der Waals surface area contributed by atoms with Crippen LogP contribution in [0.2, 0.25) is 0 Å². The summed E-state index contributed by atoms with van der Waals surface area (Å²) in [6.45, 7) is 1.82. The topological polar surface area (TPSA) is 80.5 Å². The van der Waals surface area contributed by atoms with Gasteiger partial charge in [-0.2, -0.15) is 0 Å². The molecule has 2 heterocycles. The summed E-state index contributed by atoms with van der Waals surface area (Å²) in [5.41, 5.74) is 7.69. The van der Waals surface area contributed by atoms with Crippen LogP contribution in [0.15, 0.2) is 42.7 Å². The SMILES string of the molecule is COc1ccccc1N1CCCC(Nc2ccncc2C(N)=O)C1. The second kappa shape index (κ2) is 7.21. The maximum Gasteiger partial charge on any atom is 0.252 e. The van der Waals surface area contributed by atoms with Crippen molar-refractivity contribution in [3.8, 4) is 5.75 Å². The average molecular weight is 326 g/mol. The monoisotopic (exact) mass is 326 g/mol. The van der Waals surface area contributed by atoms with E-state index in [0.29, 0.717) is 5.56 Å². The number of pyridine rings is 1. The minimum atomic E-state index is -0.469. The minimum absolute atomic E-state index is 0.226. The fraction of sp³-hybridized carbons (Fsp3) is 0.333. The van der Waals surface area contributed by atoms with Gasteiger partial charge in [0.15, 0.2) is 0 Å². The highest BCUT2D eigenvalue weighted by atomic mass is 16.5. The first-order chi connectivity index (χ1) is 11.7. The first-order valence-electron chi connectivity index (χ1n) is 8.07. The number of methoxy groups -OCH3 is 1. The van der Waals surface area contributed by atoms with Crippen LogP contribution in [0.3, 0.4) is 0 Å². The van der Waals surface area contributed by atoms with Gasteiger partial charge in [-0.05, 0) is 31.0 Å². The molecule has 1 aliphatic rings. The van der Waals surface area contributed by atoms with Crippen molar-refractivity contribution in [1.29, 1.82) is 0 Å². The Kier molecular flexibility index (Phi) is 4.84. The van der Waals surface area contributed by atoms with Gasteiger partial charge < -0.3 is 20.7 Å². The number of amides is 1. The lowest BCUT2D eigenvalue weighted by atomic mass is 10.0. The third-order valence-electron chi connectivity index (χ3n) is 4.29. The third kappa shape index (κ3) is 3.42. The van der Waals surface area contributed by atoms with Gasteiger partial charge in [0.2, 0.25) is 0 Å². The highest BCUT2D eigenvalue weighted by Gasteiger charge is 2.23. The van der Waals surface area contributed by atoms with E-state index >= 15 is 0 Å². The van der Waals surface area contributed by atoms with Crippen LogP contribution < -0.4 is 20.7 Å². The number of aromatic nitrogens is 1. The third-order valence-corrected chi connectivity index (χ3v) is 4.29. The van der Waals surface area contributed by atoms with Gasteiger partial charge in [-0.3, -0.25) is 9.78 Å². The summed E-state index contributed by atoms with van der Waals surface area (Å²) in [6.07, 6.45) is 5.26. The van der Waals surface area contributed by atoms with Gasteiger partial charge in [-0.15, -0.1) is 0 Å². The van der Waals surface area contributed by atoms with Crippen molar-refractivity contribution >= 4 is 17.3 Å². The summed E-state index contributed by atoms with van der Waals surface area (Å²) in [5.74, 6) is 0.405. The zero-order valence-electron chi connectivity index (χ0n) is 13.7. The van der Waals surface area contributed by atoms with Crippen LogP contribution in [-0.2, 0) is 0 Å². The van der Waals surface area contributed by atoms with Crippen molar-refractivity contribution in [2.75, 3.05) is 30.4 Å². The Morgan fingerprint density at radius 1 is 1.38 bits per heavy atom. The van der Waals surface area contributed by atoms with Gasteiger partial charge in [0, 0.05) is 31.5 Å². The molecule has 1 aliphatic heterocycles. The highest BCUT2D eigenvalue weighted by molar-refractivity contribution is 5.98. The predicted molar refractivity (Wildman–Crippen MR) is 94.6 cm³/mol. The zero-order chi connectivity index (χ0) is 16.9. The van der Waals surface area contributed by atoms with Gasteiger partial charge in [0.05, 0.1) is 24.0 Å². The quantitative estimate of drug-likeness (QED) is 0.881. The molecule has 6 heteroatoms. The molecule has 0 aliphatic carbocycles. The molecule has 1 amide bonds. The predicted octanol–water partition coefficient (Wildman–Crippen LogP) is 2.27. The number of benzene rings is 1. The smallest absolute Gasteiger partial charge is 0.252 e. The largest absolute Gasteiger partial charge is 0.495 e. The minimum Gasteiger partial charge on any atom is -0.495 e. The molecule has 0 bridgehead atoms. The maximum absolute atomic E-state index is 11.5. The number of anilines is 2. The molecule has 0 radical (unpaired) electrons. The van der Waals surface area contributed by atoms with Crippen molar-refractivity contribution in [1.82, 2.24) is 4.98 Å². The number of nitrogens with two attached hydrogens (primary N) is 1. The van der Waals surface area contributed by atoms with Crippen LogP contribution in [0, 0.1) is 0 Å². The lowest BCUT2D eigenvalue weighted by Gasteiger charge is -2.36. The summed E-state index contributed by atoms with van der Waals surface area (Å²) in [6, 6.07) is 10.1. The number of carbonyl (C=O) groups is 1. The molecule has 6 nitrogen and oxygen atoms in total. The average Bonchev–Trinajstić information content (AvgIpc) is 2.62. The molecule has 1 fully saturated rings. The normalized spacial score (nSPS) is 17.4. The number of nitrogens with one attached hydrogen (secondary N) is 1.